The molecule has 0 saturated carbocycles. The van der Waals surface area contributed by atoms with Crippen molar-refractivity contribution in [3.63, 3.8) is 0 Å². The predicted octanol–water partition coefficient (Wildman–Crippen LogP) is 2.56. The molecule has 0 aliphatic heterocycles. The molecule has 0 radical (unpaired) electrons. The molecule has 1 rings (SSSR count). The smallest absolute Gasteiger partial charge is 0.200 e. The molecule has 0 saturated heterocycles. The van der Waals surface area contributed by atoms with Gasteiger partial charge in [0.2, 0.25) is 5.82 Å². The first-order valence-corrected chi connectivity index (χ1v) is 5.88. The van der Waals surface area contributed by atoms with Gasteiger partial charge in [0.25, 0.3) is 0 Å². The van der Waals surface area contributed by atoms with Gasteiger partial charge in [-0.05, 0) is 6.42 Å². The topological polar surface area (TPSA) is 40.5 Å². The fourth-order valence-electron chi connectivity index (χ4n) is 1.34. The van der Waals surface area contributed by atoms with Crippen LogP contribution in [0.15, 0.2) is 0 Å². The van der Waals surface area contributed by atoms with Gasteiger partial charge in [-0.3, -0.25) is 0 Å². The molecule has 8 heteroatoms. The molecule has 0 aromatic heterocycles. The highest BCUT2D eigenvalue weighted by atomic mass is 79.9. The Bertz CT molecular complexity index is 425. The average molecular weight is 335 g/mol. The zero-order chi connectivity index (χ0) is 14.0. The summed E-state index contributed by atoms with van der Waals surface area (Å²) in [6.07, 6.45) is -3.98. The summed E-state index contributed by atoms with van der Waals surface area (Å²) in [6, 6.07) is 0. The molecule has 0 aliphatic rings. The van der Waals surface area contributed by atoms with Gasteiger partial charge < -0.3 is 10.2 Å². The normalized spacial score (nSPS) is 14.7. The van der Waals surface area contributed by atoms with Crippen molar-refractivity contribution in [3.8, 4) is 0 Å². The molecular formula is C10H8BrF5O2. The maximum absolute atomic E-state index is 13.2. The minimum Gasteiger partial charge on any atom is -0.390 e. The highest BCUT2D eigenvalue weighted by Crippen LogP contribution is 2.30. The Morgan fingerprint density at radius 3 is 1.61 bits per heavy atom. The van der Waals surface area contributed by atoms with E-state index in [1.54, 1.807) is 0 Å². The fourth-order valence-corrected chi connectivity index (χ4v) is 1.81. The number of alkyl halides is 1. The molecule has 2 atom stereocenters. The number of aliphatic hydroxyl groups is 2. The average Bonchev–Trinajstić information content (AvgIpc) is 2.34. The summed E-state index contributed by atoms with van der Waals surface area (Å²) in [5, 5.41) is 18.9. The Balaban J connectivity index is 3.32. The van der Waals surface area contributed by atoms with Crippen LogP contribution in [0.4, 0.5) is 22.0 Å². The zero-order valence-corrected chi connectivity index (χ0v) is 10.3. The Hall–Kier alpha value is -0.730. The molecule has 0 aliphatic carbocycles. The largest absolute Gasteiger partial charge is 0.390 e. The molecule has 18 heavy (non-hydrogen) atoms. The number of halogens is 6. The first kappa shape index (κ1) is 15.3. The van der Waals surface area contributed by atoms with E-state index in [1.165, 1.54) is 0 Å². The minimum absolute atomic E-state index is 0.124. The van der Waals surface area contributed by atoms with Crippen molar-refractivity contribution in [1.82, 2.24) is 0 Å². The molecule has 2 unspecified atom stereocenters. The van der Waals surface area contributed by atoms with Gasteiger partial charge >= 0.3 is 0 Å². The summed E-state index contributed by atoms with van der Waals surface area (Å²) >= 11 is 2.90. The standard InChI is InChI=1S/C10H8BrF5O2/c11-2-1-3(17)10(18)4-5(12)7(14)9(16)8(15)6(4)13/h3,10,17-18H,1-2H2. The first-order valence-electron chi connectivity index (χ1n) is 4.76. The molecule has 0 fully saturated rings. The predicted molar refractivity (Wildman–Crippen MR) is 55.6 cm³/mol. The van der Waals surface area contributed by atoms with Gasteiger partial charge in [-0.15, -0.1) is 0 Å². The Morgan fingerprint density at radius 2 is 1.22 bits per heavy atom. The SMILES string of the molecule is OC(CCBr)C(O)c1c(F)c(F)c(F)c(F)c1F. The van der Waals surface area contributed by atoms with E-state index < -0.39 is 46.9 Å². The van der Waals surface area contributed by atoms with Crippen LogP contribution in [0.1, 0.15) is 18.1 Å². The second-order valence-corrected chi connectivity index (χ2v) is 4.27. The van der Waals surface area contributed by atoms with Crippen LogP contribution in [-0.4, -0.2) is 21.6 Å². The molecule has 0 bridgehead atoms. The van der Waals surface area contributed by atoms with Crippen molar-refractivity contribution in [2.45, 2.75) is 18.6 Å². The summed E-state index contributed by atoms with van der Waals surface area (Å²) in [5.41, 5.74) is -1.43. The maximum atomic E-state index is 13.2. The lowest BCUT2D eigenvalue weighted by Crippen LogP contribution is -2.22. The van der Waals surface area contributed by atoms with Crippen LogP contribution in [-0.2, 0) is 0 Å². The van der Waals surface area contributed by atoms with E-state index in [2.05, 4.69) is 15.9 Å². The molecule has 102 valence electrons. The number of rotatable bonds is 4. The Morgan fingerprint density at radius 1 is 0.833 bits per heavy atom. The quantitative estimate of drug-likeness (QED) is 0.384. The highest BCUT2D eigenvalue weighted by Gasteiger charge is 2.32. The lowest BCUT2D eigenvalue weighted by Gasteiger charge is -2.19. The van der Waals surface area contributed by atoms with Crippen molar-refractivity contribution in [2.24, 2.45) is 0 Å². The third-order valence-electron chi connectivity index (χ3n) is 2.31. The molecule has 0 spiro atoms. The van der Waals surface area contributed by atoms with Gasteiger partial charge in [-0.1, -0.05) is 15.9 Å². The van der Waals surface area contributed by atoms with Crippen molar-refractivity contribution in [3.05, 3.63) is 34.6 Å². The second-order valence-electron chi connectivity index (χ2n) is 3.47. The van der Waals surface area contributed by atoms with E-state index >= 15 is 0 Å². The molecule has 2 nitrogen and oxygen atoms in total. The zero-order valence-electron chi connectivity index (χ0n) is 8.73. The third-order valence-corrected chi connectivity index (χ3v) is 2.77. The van der Waals surface area contributed by atoms with Crippen molar-refractivity contribution in [2.75, 3.05) is 5.33 Å². The van der Waals surface area contributed by atoms with Gasteiger partial charge in [0.1, 0.15) is 6.10 Å². The first-order chi connectivity index (χ1) is 8.32. The summed E-state index contributed by atoms with van der Waals surface area (Å²) in [4.78, 5) is 0. The Kier molecular flexibility index (Phi) is 5.06. The number of aliphatic hydroxyl groups excluding tert-OH is 2. The van der Waals surface area contributed by atoms with Crippen molar-refractivity contribution in [1.29, 1.82) is 0 Å². The van der Waals surface area contributed by atoms with Crippen LogP contribution in [0.25, 0.3) is 0 Å². The molecule has 0 heterocycles. The van der Waals surface area contributed by atoms with Gasteiger partial charge in [0, 0.05) is 5.33 Å². The summed E-state index contributed by atoms with van der Waals surface area (Å²) in [6.45, 7) is 0. The third kappa shape index (κ3) is 2.65. The number of benzene rings is 1. The van der Waals surface area contributed by atoms with Crippen LogP contribution in [0.5, 0.6) is 0 Å². The monoisotopic (exact) mass is 334 g/mol. The van der Waals surface area contributed by atoms with Gasteiger partial charge in [0.15, 0.2) is 23.3 Å². The summed E-state index contributed by atoms with van der Waals surface area (Å²) in [5.74, 6) is -10.9. The van der Waals surface area contributed by atoms with Crippen LogP contribution in [0.3, 0.4) is 0 Å². The van der Waals surface area contributed by atoms with Crippen molar-refractivity contribution < 1.29 is 32.2 Å². The van der Waals surface area contributed by atoms with Gasteiger partial charge in [-0.2, -0.15) is 0 Å². The minimum atomic E-state index is -2.31. The lowest BCUT2D eigenvalue weighted by molar-refractivity contribution is 0.0119. The van der Waals surface area contributed by atoms with Crippen LogP contribution in [0.2, 0.25) is 0 Å². The summed E-state index contributed by atoms with van der Waals surface area (Å²) < 4.78 is 64.9. The van der Waals surface area contributed by atoms with E-state index in [4.69, 9.17) is 0 Å². The van der Waals surface area contributed by atoms with E-state index in [0.717, 1.165) is 0 Å². The fraction of sp³-hybridized carbons (Fsp3) is 0.400. The number of hydrogen-bond donors (Lipinski definition) is 2. The van der Waals surface area contributed by atoms with Gasteiger partial charge in [0.05, 0.1) is 11.7 Å². The van der Waals surface area contributed by atoms with Crippen LogP contribution in [0, 0.1) is 29.1 Å². The summed E-state index contributed by atoms with van der Waals surface area (Å²) in [7, 11) is 0. The Labute approximate surface area is 107 Å². The molecule has 1 aromatic rings. The molecular weight excluding hydrogens is 327 g/mol. The number of hydrogen-bond acceptors (Lipinski definition) is 2. The van der Waals surface area contributed by atoms with E-state index in [1.807, 2.05) is 0 Å². The molecule has 0 amide bonds. The van der Waals surface area contributed by atoms with Crippen LogP contribution >= 0.6 is 15.9 Å². The van der Waals surface area contributed by atoms with Gasteiger partial charge in [-0.25, -0.2) is 22.0 Å². The lowest BCUT2D eigenvalue weighted by atomic mass is 10.0. The van der Waals surface area contributed by atoms with E-state index in [9.17, 15) is 32.2 Å². The highest BCUT2D eigenvalue weighted by molar-refractivity contribution is 9.09. The van der Waals surface area contributed by atoms with E-state index in [-0.39, 0.29) is 11.8 Å². The van der Waals surface area contributed by atoms with Crippen LogP contribution < -0.4 is 0 Å². The maximum Gasteiger partial charge on any atom is 0.200 e. The molecule has 1 aromatic carbocycles. The van der Waals surface area contributed by atoms with E-state index in [0.29, 0.717) is 0 Å². The molecule has 2 N–H and O–H groups in total. The van der Waals surface area contributed by atoms with Crippen molar-refractivity contribution >= 4 is 15.9 Å². The second kappa shape index (κ2) is 5.94.